The Hall–Kier alpha value is -3.57. The number of β-amino-alcohol motifs (C(OH)–C–C–N with tert-alkyl or cyclic N) is 1. The molecule has 11 heteroatoms. The van der Waals surface area contributed by atoms with E-state index >= 15 is 0 Å². The van der Waals surface area contributed by atoms with Gasteiger partial charge in [-0.2, -0.15) is 4.98 Å². The minimum atomic E-state index is -1.15. The molecule has 2 fully saturated rings. The van der Waals surface area contributed by atoms with E-state index in [4.69, 9.17) is 5.11 Å². The number of aromatic nitrogens is 2. The predicted octanol–water partition coefficient (Wildman–Crippen LogP) is 1.01. The number of nitrogens with one attached hydrogen (secondary N) is 2. The van der Waals surface area contributed by atoms with Crippen molar-refractivity contribution < 1.29 is 19.1 Å². The maximum atomic E-state index is 14.9. The molecule has 1 spiro atoms. The molecule has 4 heterocycles. The highest BCUT2D eigenvalue weighted by atomic mass is 19.1. The third kappa shape index (κ3) is 4.10. The summed E-state index contributed by atoms with van der Waals surface area (Å²) < 4.78 is 14.9. The van der Waals surface area contributed by atoms with Gasteiger partial charge < -0.3 is 20.6 Å². The molecule has 0 aliphatic carbocycles. The topological polar surface area (TPSA) is 114 Å². The van der Waals surface area contributed by atoms with Gasteiger partial charge in [0.05, 0.1) is 12.3 Å². The summed E-state index contributed by atoms with van der Waals surface area (Å²) in [5, 5.41) is 14.8. The third-order valence-corrected chi connectivity index (χ3v) is 6.98. The molecule has 0 bridgehead atoms. The average molecular weight is 482 g/mol. The molecule has 0 unspecified atom stereocenters. The Balaban J connectivity index is 1.33. The molecule has 3 aliphatic heterocycles. The van der Waals surface area contributed by atoms with Gasteiger partial charge in [0, 0.05) is 69.3 Å². The van der Waals surface area contributed by atoms with Crippen molar-refractivity contribution in [1.29, 1.82) is 0 Å². The first-order chi connectivity index (χ1) is 16.9. The molecule has 35 heavy (non-hydrogen) atoms. The lowest BCUT2D eigenvalue weighted by Crippen LogP contribution is -2.51. The van der Waals surface area contributed by atoms with Crippen molar-refractivity contribution in [3.05, 3.63) is 48.6 Å². The molecule has 10 nitrogen and oxygen atoms in total. The minimum absolute atomic E-state index is 0.119. The average Bonchev–Trinajstić information content (AvgIpc) is 3.22. The highest BCUT2D eigenvalue weighted by molar-refractivity contribution is 6.15. The van der Waals surface area contributed by atoms with Gasteiger partial charge in [0.2, 0.25) is 17.8 Å². The number of hydrogen-bond donors (Lipinski definition) is 3. The molecule has 2 saturated heterocycles. The fourth-order valence-corrected chi connectivity index (χ4v) is 5.06. The molecule has 3 N–H and O–H groups in total. The largest absolute Gasteiger partial charge is 0.395 e. The van der Waals surface area contributed by atoms with Crippen LogP contribution in [-0.4, -0.2) is 77.7 Å². The van der Waals surface area contributed by atoms with E-state index in [0.29, 0.717) is 55.4 Å². The Morgan fingerprint density at radius 3 is 2.71 bits per heavy atom. The molecular formula is C24H28FN7O3. The number of fused-ring (bicyclic) bond motifs is 1. The van der Waals surface area contributed by atoms with Crippen LogP contribution in [0.1, 0.15) is 12.0 Å². The van der Waals surface area contributed by atoms with Gasteiger partial charge in [0.1, 0.15) is 17.1 Å². The van der Waals surface area contributed by atoms with E-state index < -0.39 is 5.41 Å². The van der Waals surface area contributed by atoms with Crippen LogP contribution in [0.15, 0.2) is 37.2 Å². The van der Waals surface area contributed by atoms with E-state index in [9.17, 15) is 14.0 Å². The number of anilines is 4. The zero-order valence-corrected chi connectivity index (χ0v) is 19.3. The van der Waals surface area contributed by atoms with Gasteiger partial charge in [0.15, 0.2) is 0 Å². The fraction of sp³-hybridized carbons (Fsp3) is 0.417. The lowest BCUT2D eigenvalue weighted by Gasteiger charge is -2.36. The lowest BCUT2D eigenvalue weighted by atomic mass is 9.76. The van der Waals surface area contributed by atoms with Gasteiger partial charge in [-0.25, -0.2) is 9.37 Å². The second-order valence-electron chi connectivity index (χ2n) is 9.01. The summed E-state index contributed by atoms with van der Waals surface area (Å²) in [5.41, 5.74) is 0.523. The first-order valence-corrected chi connectivity index (χ1v) is 11.7. The number of rotatable bonds is 6. The number of amides is 2. The van der Waals surface area contributed by atoms with E-state index in [1.165, 1.54) is 17.2 Å². The summed E-state index contributed by atoms with van der Waals surface area (Å²) in [6.45, 7) is 7.83. The summed E-state index contributed by atoms with van der Waals surface area (Å²) in [7, 11) is 0. The Labute approximate surface area is 202 Å². The van der Waals surface area contributed by atoms with Crippen LogP contribution >= 0.6 is 0 Å². The Kier molecular flexibility index (Phi) is 6.12. The number of nitrogens with zero attached hydrogens (tertiary/aromatic N) is 5. The Bertz CT molecular complexity index is 1170. The monoisotopic (exact) mass is 481 g/mol. The zero-order chi connectivity index (χ0) is 24.6. The standard InChI is InChI=1S/C24H28FN7O3/c1-2-32-20-16(14-24(22(32)35)5-6-26-21(24)34)15-27-23(29-20)28-17-3-4-19(18(25)13-17)31-9-7-30(8-10-31)11-12-33/h2-4,13,15,33H,1,5-12,14H2,(H,26,34)(H,27,28,29)/t24-/m1/s1. The molecule has 2 aromatic rings. The van der Waals surface area contributed by atoms with E-state index in [2.05, 4.69) is 32.1 Å². The lowest BCUT2D eigenvalue weighted by molar-refractivity contribution is -0.139. The van der Waals surface area contributed by atoms with Crippen LogP contribution < -0.4 is 20.4 Å². The molecule has 2 amide bonds. The molecule has 184 valence electrons. The predicted molar refractivity (Wildman–Crippen MR) is 129 cm³/mol. The van der Waals surface area contributed by atoms with Crippen LogP contribution in [0.25, 0.3) is 0 Å². The van der Waals surface area contributed by atoms with Crippen LogP contribution in [0.4, 0.5) is 27.5 Å². The maximum Gasteiger partial charge on any atom is 0.248 e. The molecule has 0 saturated carbocycles. The van der Waals surface area contributed by atoms with Crippen LogP contribution in [0.3, 0.4) is 0 Å². The van der Waals surface area contributed by atoms with Gasteiger partial charge >= 0.3 is 0 Å². The number of aliphatic hydroxyl groups excluding tert-OH is 1. The number of benzene rings is 1. The van der Waals surface area contributed by atoms with E-state index in [0.717, 1.165) is 13.1 Å². The smallest absolute Gasteiger partial charge is 0.248 e. The van der Waals surface area contributed by atoms with Crippen molar-refractivity contribution >= 4 is 35.0 Å². The molecular weight excluding hydrogens is 453 g/mol. The number of carbonyl (C=O) groups is 2. The first-order valence-electron chi connectivity index (χ1n) is 11.7. The van der Waals surface area contributed by atoms with E-state index in [1.54, 1.807) is 18.3 Å². The normalized spacial score (nSPS) is 22.3. The van der Waals surface area contributed by atoms with Gasteiger partial charge in [0.25, 0.3) is 0 Å². The Morgan fingerprint density at radius 1 is 1.26 bits per heavy atom. The SMILES string of the molecule is C=CN1C(=O)[C@]2(CCNC2=O)Cc2cnc(Nc3ccc(N4CCN(CCO)CC4)c(F)c3)nc21. The number of hydrogen-bond acceptors (Lipinski definition) is 8. The zero-order valence-electron chi connectivity index (χ0n) is 19.3. The fourth-order valence-electron chi connectivity index (χ4n) is 5.06. The second kappa shape index (κ2) is 9.23. The van der Waals surface area contributed by atoms with Crippen molar-refractivity contribution in [2.75, 3.05) is 61.0 Å². The summed E-state index contributed by atoms with van der Waals surface area (Å²) in [6, 6.07) is 4.88. The van der Waals surface area contributed by atoms with Gasteiger partial charge in [-0.1, -0.05) is 6.58 Å². The van der Waals surface area contributed by atoms with Crippen LogP contribution in [0.5, 0.6) is 0 Å². The summed E-state index contributed by atoms with van der Waals surface area (Å²) in [5.74, 6) is -0.423. The van der Waals surface area contributed by atoms with E-state index in [1.807, 2.05) is 4.90 Å². The number of piperazine rings is 1. The van der Waals surface area contributed by atoms with Gasteiger partial charge in [-0.3, -0.25) is 19.4 Å². The maximum absolute atomic E-state index is 14.9. The molecule has 1 aromatic carbocycles. The summed E-state index contributed by atoms with van der Waals surface area (Å²) in [6.07, 6.45) is 3.60. The first kappa shape index (κ1) is 23.2. The highest BCUT2D eigenvalue weighted by Gasteiger charge is 2.54. The van der Waals surface area contributed by atoms with Crippen molar-refractivity contribution in [3.8, 4) is 0 Å². The number of carbonyl (C=O) groups excluding carboxylic acids is 2. The number of aliphatic hydroxyl groups is 1. The summed E-state index contributed by atoms with van der Waals surface area (Å²) in [4.78, 5) is 39.9. The molecule has 5 rings (SSSR count). The molecule has 0 radical (unpaired) electrons. The van der Waals surface area contributed by atoms with Gasteiger partial charge in [-0.05, 0) is 24.6 Å². The van der Waals surface area contributed by atoms with Crippen molar-refractivity contribution in [2.24, 2.45) is 5.41 Å². The van der Waals surface area contributed by atoms with Gasteiger partial charge in [-0.15, -0.1) is 0 Å². The molecule has 3 aliphatic rings. The van der Waals surface area contributed by atoms with Crippen LogP contribution in [0, 0.1) is 11.2 Å². The molecule has 1 aromatic heterocycles. The number of halogens is 1. The van der Waals surface area contributed by atoms with Crippen LogP contribution in [-0.2, 0) is 16.0 Å². The minimum Gasteiger partial charge on any atom is -0.395 e. The summed E-state index contributed by atoms with van der Waals surface area (Å²) >= 11 is 0. The van der Waals surface area contributed by atoms with Crippen LogP contribution in [0.2, 0.25) is 0 Å². The van der Waals surface area contributed by atoms with Crippen molar-refractivity contribution in [3.63, 3.8) is 0 Å². The van der Waals surface area contributed by atoms with Crippen molar-refractivity contribution in [2.45, 2.75) is 12.8 Å². The Morgan fingerprint density at radius 2 is 2.06 bits per heavy atom. The second-order valence-corrected chi connectivity index (χ2v) is 9.01. The van der Waals surface area contributed by atoms with Crippen molar-refractivity contribution in [1.82, 2.24) is 20.2 Å². The third-order valence-electron chi connectivity index (χ3n) is 6.98. The highest BCUT2D eigenvalue weighted by Crippen LogP contribution is 2.41. The molecule has 1 atom stereocenters. The quantitative estimate of drug-likeness (QED) is 0.524. The van der Waals surface area contributed by atoms with E-state index in [-0.39, 0.29) is 36.6 Å².